The quantitative estimate of drug-likeness (QED) is 0.336. The third-order valence-electron chi connectivity index (χ3n) is 0. The first-order valence-corrected chi connectivity index (χ1v) is 2.82. The van der Waals surface area contributed by atoms with Crippen molar-refractivity contribution < 1.29 is 110 Å². The van der Waals surface area contributed by atoms with Gasteiger partial charge in [-0.15, -0.1) is 0 Å². The molecule has 0 aliphatic rings. The van der Waals surface area contributed by atoms with Crippen LogP contribution >= 0.6 is 7.82 Å². The molecule has 1 radical (unpaired) electrons. The smallest absolute Gasteiger partial charge is 0.822 e. The Labute approximate surface area is 123 Å². The minimum Gasteiger partial charge on any atom is -0.822 e. The molecule has 0 aromatic carbocycles. The van der Waals surface area contributed by atoms with E-state index < -0.39 is 14.0 Å². The number of hydrogen-bond donors (Lipinski definition) is 1. The van der Waals surface area contributed by atoms with Gasteiger partial charge >= 0.3 is 75.9 Å². The second-order valence-corrected chi connectivity index (χ2v) is 1.61. The Morgan fingerprint density at radius 1 is 1.17 bits per heavy atom. The second-order valence-electron chi connectivity index (χ2n) is 0.713. The molecule has 0 saturated carbocycles. The van der Waals surface area contributed by atoms with E-state index in [4.69, 9.17) is 34.3 Å². The van der Waals surface area contributed by atoms with E-state index >= 15 is 0 Å². The first-order chi connectivity index (χ1) is 3.73. The maximum absolute atomic E-state index is 8.55. The molecule has 0 aromatic rings. The van der Waals surface area contributed by atoms with Gasteiger partial charge in [-0.05, 0) is 0 Å². The van der Waals surface area contributed by atoms with Gasteiger partial charge in [0.15, 0.2) is 0 Å². The number of phosphoric acid groups is 1. The molecule has 12 heavy (non-hydrogen) atoms. The van der Waals surface area contributed by atoms with Gasteiger partial charge in [0, 0.05) is 0 Å². The van der Waals surface area contributed by atoms with Gasteiger partial charge in [-0.1, -0.05) is 0 Å². The van der Waals surface area contributed by atoms with Crippen LogP contribution in [0.4, 0.5) is 4.79 Å². The van der Waals surface area contributed by atoms with E-state index in [9.17, 15) is 0 Å². The first kappa shape index (κ1) is 29.2. The Bertz CT molecular complexity index is 121. The van der Waals surface area contributed by atoms with Crippen molar-refractivity contribution in [3.05, 3.63) is 0 Å². The summed E-state index contributed by atoms with van der Waals surface area (Å²) in [6, 6.07) is 0. The molecule has 63 valence electrons. The summed E-state index contributed by atoms with van der Waals surface area (Å²) >= 11 is 0. The molecule has 0 aromatic heterocycles. The summed E-state index contributed by atoms with van der Waals surface area (Å²) in [5.41, 5.74) is 0. The molecular weight excluding hydrogens is 260 g/mol. The molecule has 0 bridgehead atoms. The Balaban J connectivity index is -0.0000000221. The third kappa shape index (κ3) is 396. The maximum Gasteiger partial charge on any atom is 2.00 e. The molecule has 1 N–H and O–H groups in total. The fourth-order valence-electron chi connectivity index (χ4n) is 0. The Hall–Kier alpha value is 1.89. The summed E-state index contributed by atoms with van der Waals surface area (Å²) in [6.45, 7) is 0. The normalized spacial score (nSPS) is 6.92. The molecule has 11 heteroatoms. The van der Waals surface area contributed by atoms with E-state index in [0.29, 0.717) is 0 Å². The number of rotatable bonds is 0. The van der Waals surface area contributed by atoms with E-state index in [1.807, 2.05) is 0 Å². The second kappa shape index (κ2) is 15.4. The first-order valence-electron chi connectivity index (χ1n) is 1.36. The van der Waals surface area contributed by atoms with Crippen LogP contribution in [0.5, 0.6) is 0 Å². The monoisotopic (exact) mass is 261 g/mol. The van der Waals surface area contributed by atoms with Crippen LogP contribution in [0.15, 0.2) is 0 Å². The molecular formula is CHCoNa2O7P. The van der Waals surface area contributed by atoms with E-state index in [-0.39, 0.29) is 75.9 Å². The van der Waals surface area contributed by atoms with Gasteiger partial charge in [0.2, 0.25) is 6.16 Å². The summed E-state index contributed by atoms with van der Waals surface area (Å²) in [4.78, 5) is 34.1. The van der Waals surface area contributed by atoms with Crippen molar-refractivity contribution in [1.82, 2.24) is 0 Å². The summed E-state index contributed by atoms with van der Waals surface area (Å²) in [6.07, 6.45) is -2.08. The van der Waals surface area contributed by atoms with Crippen LogP contribution in [0.2, 0.25) is 0 Å². The fourth-order valence-corrected chi connectivity index (χ4v) is 0. The van der Waals surface area contributed by atoms with Crippen molar-refractivity contribution in [3.63, 3.8) is 0 Å². The molecule has 0 aliphatic carbocycles. The SMILES string of the molecule is O=C([O-])O.O=P([O-])([O-])[O-].[Co+2].[Na+].[Na+]. The summed E-state index contributed by atoms with van der Waals surface area (Å²) < 4.78 is 8.55. The number of hydrogen-bond acceptors (Lipinski definition) is 6. The molecule has 0 spiro atoms. The van der Waals surface area contributed by atoms with Gasteiger partial charge < -0.3 is 34.3 Å². The molecule has 0 atom stereocenters. The minimum absolute atomic E-state index is 0. The van der Waals surface area contributed by atoms with Crippen LogP contribution in [0.1, 0.15) is 0 Å². The number of carboxylic acid groups (broad SMARTS) is 2. The average molecular weight is 261 g/mol. The topological polar surface area (TPSA) is 147 Å². The van der Waals surface area contributed by atoms with Crippen molar-refractivity contribution >= 4 is 14.0 Å². The predicted octanol–water partition coefficient (Wildman–Crippen LogP) is -9.93. The third-order valence-corrected chi connectivity index (χ3v) is 0. The average Bonchev–Trinajstić information content (AvgIpc) is 1.19. The Morgan fingerprint density at radius 3 is 1.17 bits per heavy atom. The van der Waals surface area contributed by atoms with Crippen LogP contribution in [-0.2, 0) is 21.3 Å². The van der Waals surface area contributed by atoms with Crippen LogP contribution in [-0.4, -0.2) is 11.3 Å². The van der Waals surface area contributed by atoms with Crippen molar-refractivity contribution in [2.45, 2.75) is 0 Å². The maximum atomic E-state index is 8.55. The van der Waals surface area contributed by atoms with Gasteiger partial charge in [0.1, 0.15) is 0 Å². The van der Waals surface area contributed by atoms with Crippen LogP contribution in [0.3, 0.4) is 0 Å². The fraction of sp³-hybridized carbons (Fsp3) is 0. The standard InChI is InChI=1S/CH2O3.Co.2Na.H3O4P/c2-1(3)4;;;;1-5(2,3)4/h(H2,2,3,4);;;;(H3,1,2,3,4)/q;+2;2*+1;/p-4. The van der Waals surface area contributed by atoms with Gasteiger partial charge in [-0.3, -0.25) is 0 Å². The van der Waals surface area contributed by atoms with Gasteiger partial charge in [-0.25, -0.2) is 0 Å². The molecule has 0 unspecified atom stereocenters. The largest absolute Gasteiger partial charge is 2.00 e. The molecule has 0 amide bonds. The van der Waals surface area contributed by atoms with Crippen LogP contribution < -0.4 is 78.9 Å². The van der Waals surface area contributed by atoms with E-state index in [1.165, 1.54) is 0 Å². The molecule has 0 fully saturated rings. The minimum atomic E-state index is -5.39. The van der Waals surface area contributed by atoms with Crippen molar-refractivity contribution in [1.29, 1.82) is 0 Å². The van der Waals surface area contributed by atoms with Crippen LogP contribution in [0, 0.1) is 0 Å². The van der Waals surface area contributed by atoms with Crippen molar-refractivity contribution in [3.8, 4) is 0 Å². The zero-order valence-electron chi connectivity index (χ0n) is 6.18. The van der Waals surface area contributed by atoms with Crippen LogP contribution in [0.25, 0.3) is 0 Å². The summed E-state index contributed by atoms with van der Waals surface area (Å²) in [5, 5.41) is 15.3. The predicted molar refractivity (Wildman–Crippen MR) is 15.6 cm³/mol. The van der Waals surface area contributed by atoms with Gasteiger partial charge in [-0.2, -0.15) is 7.82 Å². The van der Waals surface area contributed by atoms with Gasteiger partial charge in [0.25, 0.3) is 0 Å². The van der Waals surface area contributed by atoms with Gasteiger partial charge in [0.05, 0.1) is 0 Å². The van der Waals surface area contributed by atoms with E-state index in [0.717, 1.165) is 0 Å². The zero-order valence-corrected chi connectivity index (χ0v) is 12.1. The molecule has 0 saturated heterocycles. The summed E-state index contributed by atoms with van der Waals surface area (Å²) in [7, 11) is -5.39. The molecule has 0 heterocycles. The van der Waals surface area contributed by atoms with Crippen molar-refractivity contribution in [2.75, 3.05) is 0 Å². The number of carbonyl (C=O) groups is 1. The van der Waals surface area contributed by atoms with E-state index in [2.05, 4.69) is 0 Å². The Morgan fingerprint density at radius 2 is 1.17 bits per heavy atom. The molecule has 0 aliphatic heterocycles. The zero-order chi connectivity index (χ0) is 8.08. The van der Waals surface area contributed by atoms with E-state index in [1.54, 1.807) is 0 Å². The molecule has 7 nitrogen and oxygen atoms in total. The summed E-state index contributed by atoms with van der Waals surface area (Å²) in [5.74, 6) is 0. The van der Waals surface area contributed by atoms with Crippen molar-refractivity contribution in [2.24, 2.45) is 0 Å². The Kier molecular flexibility index (Phi) is 37.4. The molecule has 0 rings (SSSR count).